The summed E-state index contributed by atoms with van der Waals surface area (Å²) in [5, 5.41) is 35.8. The number of imidazole rings is 1. The van der Waals surface area contributed by atoms with Gasteiger partial charge in [0.25, 0.3) is 0 Å². The number of amides is 3. The number of aromatic hydroxyl groups is 1. The second-order valence-electron chi connectivity index (χ2n) is 8.75. The molecule has 1 aromatic heterocycles. The van der Waals surface area contributed by atoms with Gasteiger partial charge in [0.05, 0.1) is 12.9 Å². The van der Waals surface area contributed by atoms with Crippen LogP contribution in [0.15, 0.2) is 36.8 Å². The van der Waals surface area contributed by atoms with Gasteiger partial charge in [0.1, 0.15) is 29.9 Å². The van der Waals surface area contributed by atoms with Crippen LogP contribution in [0, 0.1) is 0 Å². The number of nitrogens with two attached hydrogens (primary N) is 2. The molecule has 14 nitrogen and oxygen atoms in total. The van der Waals surface area contributed by atoms with Gasteiger partial charge in [0.2, 0.25) is 17.7 Å². The molecule has 14 heteroatoms. The van der Waals surface area contributed by atoms with Gasteiger partial charge >= 0.3 is 5.97 Å². The summed E-state index contributed by atoms with van der Waals surface area (Å²) in [7, 11) is 0. The highest BCUT2D eigenvalue weighted by atomic mass is 16.4. The Hall–Kier alpha value is -4.01. The first kappa shape index (κ1) is 30.2. The fourth-order valence-corrected chi connectivity index (χ4v) is 3.56. The van der Waals surface area contributed by atoms with Crippen molar-refractivity contribution < 1.29 is 34.5 Å². The van der Waals surface area contributed by atoms with Crippen LogP contribution < -0.4 is 27.4 Å². The lowest BCUT2D eigenvalue weighted by Crippen LogP contribution is -2.58. The molecule has 4 unspecified atom stereocenters. The zero-order chi connectivity index (χ0) is 28.1. The Balaban J connectivity index is 2.18. The van der Waals surface area contributed by atoms with Crippen molar-refractivity contribution in [3.8, 4) is 5.75 Å². The molecule has 0 saturated carbocycles. The van der Waals surface area contributed by atoms with Crippen molar-refractivity contribution in [1.82, 2.24) is 25.9 Å². The third kappa shape index (κ3) is 9.80. The number of hydrogen-bond donors (Lipinski definition) is 9. The Bertz CT molecular complexity index is 1050. The Morgan fingerprint density at radius 1 is 0.921 bits per heavy atom. The highest BCUT2D eigenvalue weighted by Crippen LogP contribution is 2.12. The maximum absolute atomic E-state index is 13.2. The Morgan fingerprint density at radius 3 is 2.13 bits per heavy atom. The van der Waals surface area contributed by atoms with Crippen LogP contribution in [0.4, 0.5) is 0 Å². The lowest BCUT2D eigenvalue weighted by molar-refractivity contribution is -0.142. The maximum atomic E-state index is 13.2. The highest BCUT2D eigenvalue weighted by molar-refractivity contribution is 5.94. The van der Waals surface area contributed by atoms with E-state index >= 15 is 0 Å². The SMILES string of the molecule is NCCCCC(NC(=O)C(Cc1cnc[nH]1)NC(=O)C(N)CO)C(=O)NC(Cc1ccc(O)cc1)C(=O)O. The van der Waals surface area contributed by atoms with E-state index in [4.69, 9.17) is 11.5 Å². The molecule has 0 spiro atoms. The molecule has 4 atom stereocenters. The van der Waals surface area contributed by atoms with Crippen molar-refractivity contribution in [2.45, 2.75) is 56.3 Å². The third-order valence-electron chi connectivity index (χ3n) is 5.72. The first-order valence-electron chi connectivity index (χ1n) is 12.1. The maximum Gasteiger partial charge on any atom is 0.326 e. The topological polar surface area (TPSA) is 246 Å². The molecule has 2 rings (SSSR count). The molecule has 2 aromatic rings. The van der Waals surface area contributed by atoms with E-state index in [1.807, 2.05) is 0 Å². The van der Waals surface area contributed by atoms with Crippen LogP contribution >= 0.6 is 0 Å². The molecule has 0 radical (unpaired) electrons. The molecule has 0 fully saturated rings. The number of phenolic OH excluding ortho intramolecular Hbond substituents is 1. The standard InChI is InChI=1S/C24H35N7O7/c25-8-2-1-3-18(22(35)31-20(24(37)38)9-14-4-6-16(33)7-5-14)29-23(36)19(10-15-11-27-13-28-15)30-21(34)17(26)12-32/h4-7,11,13,17-20,32-33H,1-3,8-10,12,25-26H2,(H,27,28)(H,29,36)(H,30,34)(H,31,35)(H,37,38). The van der Waals surface area contributed by atoms with Gasteiger partial charge < -0.3 is 47.7 Å². The molecule has 0 saturated heterocycles. The summed E-state index contributed by atoms with van der Waals surface area (Å²) >= 11 is 0. The van der Waals surface area contributed by atoms with Gasteiger partial charge in [-0.2, -0.15) is 0 Å². The number of carboxylic acids is 1. The zero-order valence-electron chi connectivity index (χ0n) is 20.8. The lowest BCUT2D eigenvalue weighted by atomic mass is 10.0. The molecule has 0 aliphatic heterocycles. The van der Waals surface area contributed by atoms with Crippen LogP contribution in [0.3, 0.4) is 0 Å². The number of aliphatic hydroxyl groups excluding tert-OH is 1. The molecule has 0 aliphatic carbocycles. The summed E-state index contributed by atoms with van der Waals surface area (Å²) in [5.74, 6) is -3.46. The van der Waals surface area contributed by atoms with Gasteiger partial charge in [-0.05, 0) is 43.5 Å². The number of carbonyl (C=O) groups is 4. The van der Waals surface area contributed by atoms with E-state index in [1.54, 1.807) is 0 Å². The minimum absolute atomic E-state index is 0.00847. The Morgan fingerprint density at radius 2 is 1.55 bits per heavy atom. The summed E-state index contributed by atoms with van der Waals surface area (Å²) in [6, 6.07) is 1.04. The third-order valence-corrected chi connectivity index (χ3v) is 5.72. The van der Waals surface area contributed by atoms with E-state index in [1.165, 1.54) is 36.8 Å². The van der Waals surface area contributed by atoms with Crippen molar-refractivity contribution >= 4 is 23.7 Å². The number of hydrogen-bond acceptors (Lipinski definition) is 9. The molecule has 3 amide bonds. The number of nitrogens with one attached hydrogen (secondary N) is 4. The Kier molecular flexibility index (Phi) is 12.2. The zero-order valence-corrected chi connectivity index (χ0v) is 20.8. The number of aromatic amines is 1. The van der Waals surface area contributed by atoms with Crippen molar-refractivity contribution in [2.75, 3.05) is 13.2 Å². The smallest absolute Gasteiger partial charge is 0.326 e. The minimum Gasteiger partial charge on any atom is -0.508 e. The van der Waals surface area contributed by atoms with Gasteiger partial charge in [-0.1, -0.05) is 12.1 Å². The number of carbonyl (C=O) groups excluding carboxylic acids is 3. The van der Waals surface area contributed by atoms with E-state index in [0.717, 1.165) is 0 Å². The van der Waals surface area contributed by atoms with Crippen LogP contribution in [-0.2, 0) is 32.0 Å². The number of nitrogens with zero attached hydrogens (tertiary/aromatic N) is 1. The fourth-order valence-electron chi connectivity index (χ4n) is 3.56. The lowest BCUT2D eigenvalue weighted by Gasteiger charge is -2.25. The monoisotopic (exact) mass is 533 g/mol. The second-order valence-corrected chi connectivity index (χ2v) is 8.75. The van der Waals surface area contributed by atoms with Gasteiger partial charge in [-0.3, -0.25) is 14.4 Å². The average molecular weight is 534 g/mol. The van der Waals surface area contributed by atoms with E-state index in [0.29, 0.717) is 30.6 Å². The predicted molar refractivity (Wildman–Crippen MR) is 135 cm³/mol. The predicted octanol–water partition coefficient (Wildman–Crippen LogP) is -2.11. The summed E-state index contributed by atoms with van der Waals surface area (Å²) in [4.78, 5) is 57.2. The number of carboxylic acid groups (broad SMARTS) is 1. The first-order chi connectivity index (χ1) is 18.1. The van der Waals surface area contributed by atoms with Crippen molar-refractivity contribution in [3.05, 3.63) is 48.0 Å². The Labute approximate surface area is 219 Å². The number of rotatable bonds is 16. The number of benzene rings is 1. The van der Waals surface area contributed by atoms with Gasteiger partial charge in [-0.25, -0.2) is 9.78 Å². The number of H-pyrrole nitrogens is 1. The van der Waals surface area contributed by atoms with Crippen LogP contribution in [0.2, 0.25) is 0 Å². The number of aliphatic carboxylic acids is 1. The number of aliphatic hydroxyl groups is 1. The number of unbranched alkanes of at least 4 members (excludes halogenated alkanes) is 1. The second kappa shape index (κ2) is 15.3. The number of aromatic nitrogens is 2. The quantitative estimate of drug-likeness (QED) is 0.106. The molecular weight excluding hydrogens is 498 g/mol. The van der Waals surface area contributed by atoms with Gasteiger partial charge in [0.15, 0.2) is 0 Å². The summed E-state index contributed by atoms with van der Waals surface area (Å²) in [5.41, 5.74) is 12.2. The molecule has 38 heavy (non-hydrogen) atoms. The van der Waals surface area contributed by atoms with E-state index in [-0.39, 0.29) is 25.0 Å². The van der Waals surface area contributed by atoms with Crippen molar-refractivity contribution in [3.63, 3.8) is 0 Å². The van der Waals surface area contributed by atoms with Crippen molar-refractivity contribution in [1.29, 1.82) is 0 Å². The minimum atomic E-state index is -1.30. The normalized spacial score (nSPS) is 14.1. The molecule has 1 heterocycles. The van der Waals surface area contributed by atoms with E-state index in [9.17, 15) is 34.5 Å². The van der Waals surface area contributed by atoms with Gasteiger partial charge in [-0.15, -0.1) is 0 Å². The highest BCUT2D eigenvalue weighted by Gasteiger charge is 2.30. The van der Waals surface area contributed by atoms with Crippen LogP contribution in [-0.4, -0.2) is 86.3 Å². The van der Waals surface area contributed by atoms with Crippen molar-refractivity contribution in [2.24, 2.45) is 11.5 Å². The summed E-state index contributed by atoms with van der Waals surface area (Å²) < 4.78 is 0. The molecular formula is C24H35N7O7. The number of phenols is 1. The fraction of sp³-hybridized carbons (Fsp3) is 0.458. The van der Waals surface area contributed by atoms with Crippen LogP contribution in [0.25, 0.3) is 0 Å². The average Bonchev–Trinajstić information content (AvgIpc) is 3.41. The largest absolute Gasteiger partial charge is 0.508 e. The first-order valence-corrected chi connectivity index (χ1v) is 12.1. The van der Waals surface area contributed by atoms with Crippen LogP contribution in [0.1, 0.15) is 30.5 Å². The molecule has 11 N–H and O–H groups in total. The van der Waals surface area contributed by atoms with Crippen LogP contribution in [0.5, 0.6) is 5.75 Å². The molecule has 0 bridgehead atoms. The summed E-state index contributed by atoms with van der Waals surface area (Å²) in [6.07, 6.45) is 4.00. The molecule has 208 valence electrons. The summed E-state index contributed by atoms with van der Waals surface area (Å²) in [6.45, 7) is -0.273. The molecule has 1 aromatic carbocycles. The van der Waals surface area contributed by atoms with Gasteiger partial charge in [0, 0.05) is 24.7 Å². The van der Waals surface area contributed by atoms with E-state index < -0.39 is 54.5 Å². The van der Waals surface area contributed by atoms with E-state index in [2.05, 4.69) is 25.9 Å². The molecule has 0 aliphatic rings.